The zero-order valence-electron chi connectivity index (χ0n) is 28.6. The number of pyridine rings is 2. The van der Waals surface area contributed by atoms with E-state index in [-0.39, 0.29) is 58.5 Å². The highest BCUT2D eigenvalue weighted by atomic mass is 35.5. The predicted octanol–water partition coefficient (Wildman–Crippen LogP) is 8.76. The molecule has 1 aliphatic carbocycles. The largest absolute Gasteiger partial charge is 0.472 e. The number of aryl methyl sites for hydroxylation is 1. The monoisotopic (exact) mass is 774 g/mol. The number of hydrogen-bond donors (Lipinski definition) is 1. The van der Waals surface area contributed by atoms with Crippen molar-refractivity contribution in [1.29, 1.82) is 5.26 Å². The molecule has 6 heterocycles. The molecule has 1 saturated carbocycles. The van der Waals surface area contributed by atoms with Crippen LogP contribution in [-0.2, 0) is 11.2 Å². The van der Waals surface area contributed by atoms with E-state index >= 15 is 4.39 Å². The number of hydrogen-bond acceptors (Lipinski definition) is 8. The second-order valence-corrected chi connectivity index (χ2v) is 15.1. The molecule has 0 spiro atoms. The number of carbonyl (C=O) groups excluding carboxylic acids is 1. The van der Waals surface area contributed by atoms with Crippen LogP contribution in [0.25, 0.3) is 32.9 Å². The van der Waals surface area contributed by atoms with E-state index in [0.717, 1.165) is 11.1 Å². The minimum absolute atomic E-state index is 0.00705. The summed E-state index contributed by atoms with van der Waals surface area (Å²) in [5.74, 6) is -0.184. The maximum absolute atomic E-state index is 17.3. The van der Waals surface area contributed by atoms with E-state index in [1.165, 1.54) is 23.8 Å². The van der Waals surface area contributed by atoms with Crippen molar-refractivity contribution in [2.45, 2.75) is 54.9 Å². The number of carboxylic acid groups (broad SMARTS) is 1. The number of fused-ring (bicyclic) bond motifs is 4. The number of halogens is 3. The van der Waals surface area contributed by atoms with E-state index in [9.17, 15) is 20.0 Å². The molecule has 2 amide bonds. The van der Waals surface area contributed by atoms with Crippen molar-refractivity contribution in [3.05, 3.63) is 81.8 Å². The third-order valence-corrected chi connectivity index (χ3v) is 12.3. The fraction of sp³-hybridized carbons (Fsp3) is 0.342. The molecule has 5 aromatic rings. The van der Waals surface area contributed by atoms with Gasteiger partial charge in [0.05, 0.1) is 53.4 Å². The van der Waals surface area contributed by atoms with E-state index in [4.69, 9.17) is 37.7 Å². The second-order valence-electron chi connectivity index (χ2n) is 13.5. The van der Waals surface area contributed by atoms with Crippen LogP contribution in [0.15, 0.2) is 59.8 Å². The Balaban J connectivity index is 1.40. The number of aromatic nitrogens is 3. The molecule has 272 valence electrons. The highest BCUT2D eigenvalue weighted by Gasteiger charge is 2.56. The lowest BCUT2D eigenvalue weighted by Gasteiger charge is -2.40. The van der Waals surface area contributed by atoms with Gasteiger partial charge in [-0.25, -0.2) is 23.9 Å². The van der Waals surface area contributed by atoms with E-state index in [2.05, 4.69) is 15.6 Å². The third kappa shape index (κ3) is 5.79. The first-order chi connectivity index (χ1) is 25.6. The Labute approximate surface area is 318 Å². The summed E-state index contributed by atoms with van der Waals surface area (Å²) in [6.07, 6.45) is 2.97. The lowest BCUT2D eigenvalue weighted by Crippen LogP contribution is -2.43. The van der Waals surface area contributed by atoms with Crippen LogP contribution in [0.1, 0.15) is 42.6 Å². The number of likely N-dealkylation sites (tertiary alicyclic amines) is 1. The van der Waals surface area contributed by atoms with Gasteiger partial charge in [-0.2, -0.15) is 5.26 Å². The van der Waals surface area contributed by atoms with Crippen LogP contribution in [0, 0.1) is 23.1 Å². The quantitative estimate of drug-likeness (QED) is 0.154. The van der Waals surface area contributed by atoms with Crippen molar-refractivity contribution in [3.8, 4) is 23.1 Å². The van der Waals surface area contributed by atoms with Gasteiger partial charge in [0.25, 0.3) is 0 Å². The zero-order chi connectivity index (χ0) is 37.1. The highest BCUT2D eigenvalue weighted by molar-refractivity contribution is 7.98. The SMILES string of the molecule is COC(=O)N1C[C@@H](Oc2ccccn2)C[C@@H]1c1cc2c(SC)nc3c(F)c(-c4cccc(Cl)c4Cl)c(CCC#N)cc3c2n1[C@H]1[C@@H]2C[C@H]1N(C(=O)O)C2. The normalized spacial score (nSPS) is 21.9. The van der Waals surface area contributed by atoms with Gasteiger partial charge in [-0.3, -0.25) is 4.90 Å². The van der Waals surface area contributed by atoms with Gasteiger partial charge in [-0.1, -0.05) is 41.4 Å². The fourth-order valence-electron chi connectivity index (χ4n) is 8.50. The number of thioether (sulfide) groups is 1. The molecule has 53 heavy (non-hydrogen) atoms. The topological polar surface area (TPSA) is 134 Å². The summed E-state index contributed by atoms with van der Waals surface area (Å²) in [5, 5.41) is 22.0. The first kappa shape index (κ1) is 35.3. The maximum atomic E-state index is 17.3. The van der Waals surface area contributed by atoms with Gasteiger partial charge in [0.15, 0.2) is 5.82 Å². The molecule has 3 aliphatic heterocycles. The van der Waals surface area contributed by atoms with Crippen LogP contribution in [0.4, 0.5) is 14.0 Å². The number of carbonyl (C=O) groups is 2. The highest BCUT2D eigenvalue weighted by Crippen LogP contribution is 2.54. The van der Waals surface area contributed by atoms with Crippen molar-refractivity contribution in [2.75, 3.05) is 26.5 Å². The fourth-order valence-corrected chi connectivity index (χ4v) is 9.45. The van der Waals surface area contributed by atoms with Crippen LogP contribution in [0.2, 0.25) is 10.0 Å². The average Bonchev–Trinajstić information content (AvgIpc) is 3.95. The number of nitrogens with zero attached hydrogens (tertiary/aromatic N) is 6. The molecule has 3 saturated heterocycles. The molecule has 3 aromatic heterocycles. The molecule has 9 rings (SSSR count). The van der Waals surface area contributed by atoms with Crippen molar-refractivity contribution < 1.29 is 28.6 Å². The molecule has 2 aromatic carbocycles. The molecule has 4 aliphatic rings. The number of methoxy groups -OCH3 is 1. The number of rotatable bonds is 8. The van der Waals surface area contributed by atoms with Crippen LogP contribution in [-0.4, -0.2) is 80.2 Å². The molecule has 0 unspecified atom stereocenters. The minimum atomic E-state index is -0.997. The molecule has 4 fully saturated rings. The van der Waals surface area contributed by atoms with Gasteiger partial charge in [-0.15, -0.1) is 11.8 Å². The standard InChI is InChI=1S/C38H33Cl2FN6O5S/c1-51-38(50)46-18-21(52-29-10-3-4-12-43-29)15-26(46)27-16-24-35(47(27)34-20-14-28(34)45(17-20)37(48)49)23-13-19(7-6-11-42)30(22-8-5-9-25(39)31(22)40)32(41)33(23)44-36(24)53-2/h3-5,8-10,12-13,16,20-21,26,28,34H,6-7,14-15,17-18H2,1-2H3,(H,48,49)/t20-,21+,26-,28-,34+/m1/s1. The molecular formula is C38H33Cl2FN6O5S. The van der Waals surface area contributed by atoms with Gasteiger partial charge < -0.3 is 24.0 Å². The predicted molar refractivity (Wildman–Crippen MR) is 199 cm³/mol. The first-order valence-corrected chi connectivity index (χ1v) is 19.1. The Bertz CT molecular complexity index is 2340. The summed E-state index contributed by atoms with van der Waals surface area (Å²) in [6.45, 7) is 0.581. The van der Waals surface area contributed by atoms with Crippen LogP contribution >= 0.6 is 35.0 Å². The van der Waals surface area contributed by atoms with Crippen molar-refractivity contribution in [2.24, 2.45) is 5.92 Å². The number of nitriles is 1. The lowest BCUT2D eigenvalue weighted by atomic mass is 9.79. The smallest absolute Gasteiger partial charge is 0.410 e. The van der Waals surface area contributed by atoms with Crippen molar-refractivity contribution >= 4 is 69.0 Å². The number of amides is 2. The minimum Gasteiger partial charge on any atom is -0.472 e. The average molecular weight is 776 g/mol. The van der Waals surface area contributed by atoms with Gasteiger partial charge in [0, 0.05) is 65.2 Å². The number of ether oxygens (including phenoxy) is 2. The number of benzene rings is 2. The Morgan fingerprint density at radius 1 is 1.11 bits per heavy atom. The summed E-state index contributed by atoms with van der Waals surface area (Å²) < 4.78 is 31.0. The zero-order valence-corrected chi connectivity index (χ0v) is 31.0. The van der Waals surface area contributed by atoms with E-state index in [1.54, 1.807) is 41.4 Å². The van der Waals surface area contributed by atoms with E-state index in [0.29, 0.717) is 52.3 Å². The van der Waals surface area contributed by atoms with Gasteiger partial charge in [0.1, 0.15) is 16.6 Å². The molecule has 15 heteroatoms. The first-order valence-electron chi connectivity index (χ1n) is 17.1. The van der Waals surface area contributed by atoms with Crippen LogP contribution in [0.3, 0.4) is 0 Å². The van der Waals surface area contributed by atoms with Crippen LogP contribution in [0.5, 0.6) is 5.88 Å². The Hall–Kier alpha value is -4.77. The Kier molecular flexibility index (Phi) is 9.25. The van der Waals surface area contributed by atoms with Gasteiger partial charge in [0.2, 0.25) is 5.88 Å². The van der Waals surface area contributed by atoms with Gasteiger partial charge in [-0.05, 0) is 48.9 Å². The summed E-state index contributed by atoms with van der Waals surface area (Å²) in [7, 11) is 1.33. The molecule has 0 radical (unpaired) electrons. The molecule has 1 N–H and O–H groups in total. The Morgan fingerprint density at radius 3 is 2.64 bits per heavy atom. The Morgan fingerprint density at radius 2 is 1.94 bits per heavy atom. The third-order valence-electron chi connectivity index (χ3n) is 10.7. The molecular weight excluding hydrogens is 742 g/mol. The van der Waals surface area contributed by atoms with Crippen LogP contribution < -0.4 is 4.74 Å². The van der Waals surface area contributed by atoms with E-state index in [1.807, 2.05) is 24.5 Å². The van der Waals surface area contributed by atoms with Crippen molar-refractivity contribution in [1.82, 2.24) is 24.3 Å². The van der Waals surface area contributed by atoms with Gasteiger partial charge >= 0.3 is 12.2 Å². The molecule has 2 bridgehead atoms. The molecule has 11 nitrogen and oxygen atoms in total. The molecule has 5 atom stereocenters. The summed E-state index contributed by atoms with van der Waals surface area (Å²) >= 11 is 14.4. The summed E-state index contributed by atoms with van der Waals surface area (Å²) in [6, 6.07) is 15.3. The summed E-state index contributed by atoms with van der Waals surface area (Å²) in [4.78, 5) is 38.1. The van der Waals surface area contributed by atoms with E-state index < -0.39 is 30.1 Å². The summed E-state index contributed by atoms with van der Waals surface area (Å²) in [5.41, 5.74) is 2.70. The van der Waals surface area contributed by atoms with Crippen molar-refractivity contribution in [3.63, 3.8) is 0 Å². The lowest BCUT2D eigenvalue weighted by molar-refractivity contribution is 0.109. The second kappa shape index (κ2) is 13.9. The maximum Gasteiger partial charge on any atom is 0.410 e.